The fraction of sp³-hybridized carbons (Fsp3) is 0.227. The fourth-order valence-electron chi connectivity index (χ4n) is 3.94. The fourth-order valence-corrected chi connectivity index (χ4v) is 3.94. The van der Waals surface area contributed by atoms with Crippen molar-refractivity contribution >= 4 is 22.8 Å². The molecule has 7 nitrogen and oxygen atoms in total. The molecule has 9 heteroatoms. The van der Waals surface area contributed by atoms with Gasteiger partial charge in [-0.25, -0.2) is 13.8 Å². The van der Waals surface area contributed by atoms with Crippen LogP contribution in [0.3, 0.4) is 0 Å². The number of aromatic nitrogens is 4. The first kappa shape index (κ1) is 19.4. The van der Waals surface area contributed by atoms with E-state index in [1.165, 1.54) is 22.7 Å². The van der Waals surface area contributed by atoms with E-state index in [0.29, 0.717) is 11.5 Å². The normalized spacial score (nSPS) is 16.6. The van der Waals surface area contributed by atoms with Gasteiger partial charge in [-0.2, -0.15) is 9.61 Å². The van der Waals surface area contributed by atoms with Gasteiger partial charge in [-0.1, -0.05) is 6.07 Å². The van der Waals surface area contributed by atoms with Crippen LogP contribution in [0.1, 0.15) is 12.8 Å². The molecule has 31 heavy (non-hydrogen) atoms. The largest absolute Gasteiger partial charge is 0.367 e. The molecule has 1 aliphatic heterocycles. The highest BCUT2D eigenvalue weighted by Crippen LogP contribution is 2.30. The van der Waals surface area contributed by atoms with Crippen LogP contribution in [0.4, 0.5) is 26.1 Å². The molecule has 3 aromatic heterocycles. The van der Waals surface area contributed by atoms with E-state index in [1.807, 2.05) is 6.07 Å². The van der Waals surface area contributed by atoms with Crippen molar-refractivity contribution in [3.8, 4) is 11.3 Å². The molecule has 4 aromatic rings. The number of nitrogens with two attached hydrogens (primary N) is 1. The second-order valence-corrected chi connectivity index (χ2v) is 7.60. The van der Waals surface area contributed by atoms with Gasteiger partial charge in [0.25, 0.3) is 0 Å². The van der Waals surface area contributed by atoms with Crippen molar-refractivity contribution in [2.24, 2.45) is 5.73 Å². The molecule has 1 saturated heterocycles. The summed E-state index contributed by atoms with van der Waals surface area (Å²) in [6.45, 7) is 1.64. The summed E-state index contributed by atoms with van der Waals surface area (Å²) < 4.78 is 30.0. The molecule has 0 spiro atoms. The van der Waals surface area contributed by atoms with Gasteiger partial charge in [0.2, 0.25) is 5.95 Å². The Hall–Kier alpha value is -3.59. The van der Waals surface area contributed by atoms with Gasteiger partial charge >= 0.3 is 0 Å². The molecule has 1 unspecified atom stereocenters. The van der Waals surface area contributed by atoms with Crippen molar-refractivity contribution in [2.45, 2.75) is 18.9 Å². The zero-order valence-corrected chi connectivity index (χ0v) is 16.7. The second-order valence-electron chi connectivity index (χ2n) is 7.60. The summed E-state index contributed by atoms with van der Waals surface area (Å²) in [4.78, 5) is 10.9. The number of nitrogens with one attached hydrogen (secondary N) is 1. The van der Waals surface area contributed by atoms with Gasteiger partial charge < -0.3 is 16.0 Å². The van der Waals surface area contributed by atoms with Gasteiger partial charge in [-0.3, -0.25) is 4.98 Å². The maximum Gasteiger partial charge on any atom is 0.229 e. The topological polar surface area (TPSA) is 84.4 Å². The minimum absolute atomic E-state index is 0.119. The molecule has 1 atom stereocenters. The zero-order valence-electron chi connectivity index (χ0n) is 16.7. The maximum atomic E-state index is 14.3. The van der Waals surface area contributed by atoms with E-state index in [2.05, 4.69) is 25.3 Å². The lowest BCUT2D eigenvalue weighted by atomic mass is 10.1. The molecule has 1 fully saturated rings. The molecule has 0 amide bonds. The lowest BCUT2D eigenvalue weighted by Gasteiger charge is -2.33. The summed E-state index contributed by atoms with van der Waals surface area (Å²) in [5, 5.41) is 7.73. The van der Waals surface area contributed by atoms with Gasteiger partial charge in [0.05, 0.1) is 40.5 Å². The zero-order chi connectivity index (χ0) is 21.4. The predicted molar refractivity (Wildman–Crippen MR) is 115 cm³/mol. The highest BCUT2D eigenvalue weighted by atomic mass is 19.1. The summed E-state index contributed by atoms with van der Waals surface area (Å²) >= 11 is 0. The third-order valence-electron chi connectivity index (χ3n) is 5.45. The van der Waals surface area contributed by atoms with Gasteiger partial charge in [0, 0.05) is 25.3 Å². The number of fused-ring (bicyclic) bond motifs is 1. The van der Waals surface area contributed by atoms with Crippen LogP contribution < -0.4 is 16.0 Å². The Labute approximate surface area is 177 Å². The van der Waals surface area contributed by atoms with Crippen molar-refractivity contribution in [2.75, 3.05) is 23.3 Å². The molecule has 4 heterocycles. The number of benzene rings is 1. The summed E-state index contributed by atoms with van der Waals surface area (Å²) in [6.07, 6.45) is 7.15. The van der Waals surface area contributed by atoms with Crippen molar-refractivity contribution in [3.63, 3.8) is 0 Å². The molecule has 0 aliphatic carbocycles. The van der Waals surface area contributed by atoms with E-state index in [-0.39, 0.29) is 17.3 Å². The predicted octanol–water partition coefficient (Wildman–Crippen LogP) is 3.74. The SMILES string of the molecule is NC1CCCN(c2cnccc2Nc2ncc3ccc(-c4c(F)cccc4F)nn23)C1. The molecular formula is C22H21F2N7. The van der Waals surface area contributed by atoms with Gasteiger partial charge in [0.15, 0.2) is 0 Å². The summed E-state index contributed by atoms with van der Waals surface area (Å²) in [7, 11) is 0. The number of anilines is 3. The van der Waals surface area contributed by atoms with Crippen LogP contribution >= 0.6 is 0 Å². The molecular weight excluding hydrogens is 400 g/mol. The summed E-state index contributed by atoms with van der Waals surface area (Å²) in [5.74, 6) is -0.902. The van der Waals surface area contributed by atoms with E-state index in [4.69, 9.17) is 5.73 Å². The summed E-state index contributed by atoms with van der Waals surface area (Å²) in [6, 6.07) is 9.03. The first-order valence-electron chi connectivity index (χ1n) is 10.1. The first-order chi connectivity index (χ1) is 15.1. The first-order valence-corrected chi connectivity index (χ1v) is 10.1. The third kappa shape index (κ3) is 3.68. The number of nitrogens with zero attached hydrogens (tertiary/aromatic N) is 5. The van der Waals surface area contributed by atoms with Crippen molar-refractivity contribution in [3.05, 3.63) is 66.6 Å². The Morgan fingerprint density at radius 1 is 1.06 bits per heavy atom. The second kappa shape index (κ2) is 7.92. The monoisotopic (exact) mass is 421 g/mol. The van der Waals surface area contributed by atoms with E-state index in [1.54, 1.807) is 30.7 Å². The van der Waals surface area contributed by atoms with Crippen LogP contribution in [0.15, 0.2) is 55.0 Å². The van der Waals surface area contributed by atoms with Crippen LogP contribution in [-0.2, 0) is 0 Å². The number of hydrogen-bond donors (Lipinski definition) is 2. The molecule has 1 aliphatic rings. The third-order valence-corrected chi connectivity index (χ3v) is 5.45. The lowest BCUT2D eigenvalue weighted by molar-refractivity contribution is 0.506. The van der Waals surface area contributed by atoms with E-state index in [9.17, 15) is 8.78 Å². The minimum atomic E-state index is -0.667. The van der Waals surface area contributed by atoms with Gasteiger partial charge in [0.1, 0.15) is 11.6 Å². The number of hydrogen-bond acceptors (Lipinski definition) is 6. The average molecular weight is 421 g/mol. The number of rotatable bonds is 4. The van der Waals surface area contributed by atoms with E-state index >= 15 is 0 Å². The quantitative estimate of drug-likeness (QED) is 0.522. The Morgan fingerprint density at radius 3 is 2.71 bits per heavy atom. The number of imidazole rings is 1. The standard InChI is InChI=1S/C22H21F2N7/c23-16-4-1-5-17(24)21(16)19-7-6-15-11-27-22(31(15)29-19)28-18-8-9-26-12-20(18)30-10-2-3-14(25)13-30/h1,4-9,11-12,14H,2-3,10,13,25H2,(H,26,27,28). The molecule has 5 rings (SSSR count). The van der Waals surface area contributed by atoms with Gasteiger partial charge in [-0.15, -0.1) is 0 Å². The Kier molecular flexibility index (Phi) is 4.95. The van der Waals surface area contributed by atoms with Crippen molar-refractivity contribution in [1.82, 2.24) is 19.6 Å². The molecule has 0 radical (unpaired) electrons. The minimum Gasteiger partial charge on any atom is -0.367 e. The highest BCUT2D eigenvalue weighted by molar-refractivity contribution is 5.74. The Balaban J connectivity index is 1.52. The van der Waals surface area contributed by atoms with Crippen molar-refractivity contribution < 1.29 is 8.78 Å². The van der Waals surface area contributed by atoms with E-state index in [0.717, 1.165) is 37.3 Å². The molecule has 158 valence electrons. The summed E-state index contributed by atoms with van der Waals surface area (Å²) in [5.41, 5.74) is 8.58. The van der Waals surface area contributed by atoms with Crippen LogP contribution in [-0.4, -0.2) is 38.7 Å². The number of piperidine rings is 1. The average Bonchev–Trinajstić information content (AvgIpc) is 3.16. The molecule has 0 bridgehead atoms. The van der Waals surface area contributed by atoms with E-state index < -0.39 is 11.6 Å². The van der Waals surface area contributed by atoms with Gasteiger partial charge in [-0.05, 0) is 43.2 Å². The maximum absolute atomic E-state index is 14.3. The Morgan fingerprint density at radius 2 is 1.90 bits per heavy atom. The number of halogens is 2. The highest BCUT2D eigenvalue weighted by Gasteiger charge is 2.20. The van der Waals surface area contributed by atoms with Crippen LogP contribution in [0.25, 0.3) is 16.8 Å². The molecule has 3 N–H and O–H groups in total. The van der Waals surface area contributed by atoms with Crippen LogP contribution in [0, 0.1) is 11.6 Å². The number of pyridine rings is 1. The molecule has 0 saturated carbocycles. The van der Waals surface area contributed by atoms with Crippen LogP contribution in [0.5, 0.6) is 0 Å². The molecule has 1 aromatic carbocycles. The smallest absolute Gasteiger partial charge is 0.229 e. The Bertz CT molecular complexity index is 1220. The van der Waals surface area contributed by atoms with Crippen molar-refractivity contribution in [1.29, 1.82) is 0 Å². The van der Waals surface area contributed by atoms with Crippen LogP contribution in [0.2, 0.25) is 0 Å². The lowest BCUT2D eigenvalue weighted by Crippen LogP contribution is -2.43.